The molecule has 5 rings (SSSR count). The Labute approximate surface area is 239 Å². The fraction of sp³-hybridized carbons (Fsp3) is 0.290. The van der Waals surface area contributed by atoms with Crippen LogP contribution in [0.1, 0.15) is 47.3 Å². The standard InChI is InChI=1S/C31H32N4O5S/c1-20(2)40-31(37)27-22(4)32-29(24-11-6-5-7-12-24)33-28(27)30(36)34-16-17-35(21(3)19-34)41(38,39)26-15-14-23-10-8-9-13-25(23)18-26/h5-15,18,20-21H,16-17,19H2,1-4H3. The first-order chi connectivity index (χ1) is 19.6. The summed E-state index contributed by atoms with van der Waals surface area (Å²) in [5, 5.41) is 1.79. The number of carbonyl (C=O) groups is 2. The number of aryl methyl sites for hydroxylation is 1. The van der Waals surface area contributed by atoms with Gasteiger partial charge in [0.1, 0.15) is 11.3 Å². The lowest BCUT2D eigenvalue weighted by Crippen LogP contribution is -2.55. The van der Waals surface area contributed by atoms with Crippen molar-refractivity contribution in [1.82, 2.24) is 19.2 Å². The fourth-order valence-electron chi connectivity index (χ4n) is 5.06. The van der Waals surface area contributed by atoms with Crippen LogP contribution in [0.4, 0.5) is 0 Å². The monoisotopic (exact) mass is 572 g/mol. The average Bonchev–Trinajstić information content (AvgIpc) is 2.95. The zero-order valence-electron chi connectivity index (χ0n) is 23.4. The number of piperazine rings is 1. The van der Waals surface area contributed by atoms with Crippen LogP contribution >= 0.6 is 0 Å². The maximum atomic E-state index is 13.9. The molecule has 4 aromatic rings. The number of nitrogens with zero attached hydrogens (tertiary/aromatic N) is 4. The highest BCUT2D eigenvalue weighted by molar-refractivity contribution is 7.89. The molecule has 1 unspecified atom stereocenters. The van der Waals surface area contributed by atoms with Crippen LogP contribution in [-0.2, 0) is 14.8 Å². The van der Waals surface area contributed by atoms with Crippen LogP contribution < -0.4 is 0 Å². The number of aromatic nitrogens is 2. The van der Waals surface area contributed by atoms with E-state index in [0.717, 1.165) is 10.8 Å². The summed E-state index contributed by atoms with van der Waals surface area (Å²) in [4.78, 5) is 37.8. The molecule has 0 radical (unpaired) electrons. The Kier molecular flexibility index (Phi) is 7.88. The van der Waals surface area contributed by atoms with Gasteiger partial charge in [-0.3, -0.25) is 4.79 Å². The number of carbonyl (C=O) groups excluding carboxylic acids is 2. The van der Waals surface area contributed by atoms with E-state index in [0.29, 0.717) is 17.1 Å². The van der Waals surface area contributed by atoms with Crippen LogP contribution in [0.5, 0.6) is 0 Å². The number of fused-ring (bicyclic) bond motifs is 1. The summed E-state index contributed by atoms with van der Waals surface area (Å²) in [6.07, 6.45) is -0.400. The van der Waals surface area contributed by atoms with Gasteiger partial charge in [-0.15, -0.1) is 0 Å². The molecular formula is C31H32N4O5S. The molecule has 10 heteroatoms. The number of amides is 1. The molecule has 2 heterocycles. The zero-order valence-corrected chi connectivity index (χ0v) is 24.3. The molecule has 1 saturated heterocycles. The summed E-state index contributed by atoms with van der Waals surface area (Å²) in [6, 6.07) is 21.4. The smallest absolute Gasteiger partial charge is 0.342 e. The van der Waals surface area contributed by atoms with E-state index in [1.165, 1.54) is 4.31 Å². The molecule has 0 spiro atoms. The number of ether oxygens (including phenoxy) is 1. The van der Waals surface area contributed by atoms with Gasteiger partial charge < -0.3 is 9.64 Å². The molecular weight excluding hydrogens is 540 g/mol. The lowest BCUT2D eigenvalue weighted by Gasteiger charge is -2.39. The second-order valence-electron chi connectivity index (χ2n) is 10.4. The average molecular weight is 573 g/mol. The van der Waals surface area contributed by atoms with Crippen LogP contribution in [0.25, 0.3) is 22.2 Å². The first-order valence-electron chi connectivity index (χ1n) is 13.5. The summed E-state index contributed by atoms with van der Waals surface area (Å²) in [7, 11) is -3.81. The summed E-state index contributed by atoms with van der Waals surface area (Å²) < 4.78 is 34.1. The number of benzene rings is 3. The topological polar surface area (TPSA) is 110 Å². The van der Waals surface area contributed by atoms with Crippen molar-refractivity contribution >= 4 is 32.7 Å². The van der Waals surface area contributed by atoms with Crippen LogP contribution in [0.15, 0.2) is 77.7 Å². The normalized spacial score (nSPS) is 16.2. The third-order valence-electron chi connectivity index (χ3n) is 7.05. The molecule has 0 N–H and O–H groups in total. The van der Waals surface area contributed by atoms with Gasteiger partial charge in [0.2, 0.25) is 10.0 Å². The van der Waals surface area contributed by atoms with Gasteiger partial charge in [0.15, 0.2) is 5.82 Å². The van der Waals surface area contributed by atoms with Crippen molar-refractivity contribution < 1.29 is 22.7 Å². The van der Waals surface area contributed by atoms with Gasteiger partial charge in [-0.1, -0.05) is 60.7 Å². The predicted molar refractivity (Wildman–Crippen MR) is 156 cm³/mol. The Morgan fingerprint density at radius 2 is 1.61 bits per heavy atom. The highest BCUT2D eigenvalue weighted by atomic mass is 32.2. The number of sulfonamides is 1. The quantitative estimate of drug-likeness (QED) is 0.308. The van der Waals surface area contributed by atoms with Crippen LogP contribution in [-0.4, -0.2) is 71.2 Å². The van der Waals surface area contributed by atoms with Gasteiger partial charge in [-0.2, -0.15) is 4.31 Å². The van der Waals surface area contributed by atoms with E-state index in [1.54, 1.807) is 50.8 Å². The van der Waals surface area contributed by atoms with E-state index >= 15 is 0 Å². The van der Waals surface area contributed by atoms with E-state index in [-0.39, 0.29) is 35.8 Å². The Balaban J connectivity index is 1.44. The van der Waals surface area contributed by atoms with Gasteiger partial charge in [0.25, 0.3) is 5.91 Å². The van der Waals surface area contributed by atoms with E-state index in [4.69, 9.17) is 4.74 Å². The summed E-state index contributed by atoms with van der Waals surface area (Å²) in [5.74, 6) is -0.831. The Bertz CT molecular complexity index is 1720. The molecule has 1 atom stereocenters. The minimum Gasteiger partial charge on any atom is -0.459 e. The second-order valence-corrected chi connectivity index (χ2v) is 12.3. The molecule has 41 heavy (non-hydrogen) atoms. The number of hydrogen-bond acceptors (Lipinski definition) is 7. The SMILES string of the molecule is Cc1nc(-c2ccccc2)nc(C(=O)N2CCN(S(=O)(=O)c3ccc4ccccc4c3)C(C)C2)c1C(=O)OC(C)C. The number of hydrogen-bond donors (Lipinski definition) is 0. The van der Waals surface area contributed by atoms with Crippen molar-refractivity contribution in [3.8, 4) is 11.4 Å². The van der Waals surface area contributed by atoms with Crippen molar-refractivity contribution in [2.45, 2.75) is 44.7 Å². The molecule has 3 aromatic carbocycles. The summed E-state index contributed by atoms with van der Waals surface area (Å²) in [5.41, 5.74) is 0.994. The van der Waals surface area contributed by atoms with Gasteiger partial charge >= 0.3 is 5.97 Å². The summed E-state index contributed by atoms with van der Waals surface area (Å²) >= 11 is 0. The third kappa shape index (κ3) is 5.71. The van der Waals surface area contributed by atoms with E-state index in [2.05, 4.69) is 9.97 Å². The fourth-order valence-corrected chi connectivity index (χ4v) is 6.71. The van der Waals surface area contributed by atoms with Gasteiger partial charge in [0, 0.05) is 31.2 Å². The van der Waals surface area contributed by atoms with Crippen molar-refractivity contribution in [1.29, 1.82) is 0 Å². The van der Waals surface area contributed by atoms with E-state index in [9.17, 15) is 18.0 Å². The number of rotatable bonds is 6. The van der Waals surface area contributed by atoms with E-state index < -0.39 is 34.0 Å². The van der Waals surface area contributed by atoms with Gasteiger partial charge in [-0.25, -0.2) is 23.2 Å². The van der Waals surface area contributed by atoms with Gasteiger partial charge in [-0.05, 0) is 50.6 Å². The first-order valence-corrected chi connectivity index (χ1v) is 14.9. The minimum absolute atomic E-state index is 0.0160. The van der Waals surface area contributed by atoms with Crippen LogP contribution in [0.3, 0.4) is 0 Å². The largest absolute Gasteiger partial charge is 0.459 e. The minimum atomic E-state index is -3.81. The molecule has 0 bridgehead atoms. The highest BCUT2D eigenvalue weighted by Gasteiger charge is 2.37. The Hall–Kier alpha value is -4.15. The van der Waals surface area contributed by atoms with Crippen molar-refractivity contribution in [3.63, 3.8) is 0 Å². The molecule has 1 aromatic heterocycles. The second kappa shape index (κ2) is 11.4. The first kappa shape index (κ1) is 28.4. The zero-order chi connectivity index (χ0) is 29.3. The van der Waals surface area contributed by atoms with Crippen molar-refractivity contribution in [2.75, 3.05) is 19.6 Å². The Morgan fingerprint density at radius 3 is 2.29 bits per heavy atom. The maximum Gasteiger partial charge on any atom is 0.342 e. The Morgan fingerprint density at radius 1 is 0.927 bits per heavy atom. The molecule has 9 nitrogen and oxygen atoms in total. The lowest BCUT2D eigenvalue weighted by molar-refractivity contribution is 0.0368. The maximum absolute atomic E-state index is 13.9. The predicted octanol–water partition coefficient (Wildman–Crippen LogP) is 4.71. The van der Waals surface area contributed by atoms with Crippen molar-refractivity contribution in [2.24, 2.45) is 0 Å². The molecule has 1 amide bonds. The summed E-state index contributed by atoms with van der Waals surface area (Å²) in [6.45, 7) is 7.25. The molecule has 212 valence electrons. The third-order valence-corrected chi connectivity index (χ3v) is 9.06. The van der Waals surface area contributed by atoms with Gasteiger partial charge in [0.05, 0.1) is 16.7 Å². The molecule has 0 aliphatic carbocycles. The molecule has 1 aliphatic heterocycles. The molecule has 1 fully saturated rings. The lowest BCUT2D eigenvalue weighted by atomic mass is 10.1. The highest BCUT2D eigenvalue weighted by Crippen LogP contribution is 2.27. The molecule has 1 aliphatic rings. The number of esters is 1. The van der Waals surface area contributed by atoms with E-state index in [1.807, 2.05) is 54.6 Å². The molecule has 0 saturated carbocycles. The van der Waals surface area contributed by atoms with Crippen LogP contribution in [0, 0.1) is 6.92 Å². The van der Waals surface area contributed by atoms with Crippen molar-refractivity contribution in [3.05, 3.63) is 89.7 Å². The van der Waals surface area contributed by atoms with Crippen LogP contribution in [0.2, 0.25) is 0 Å².